The Balaban J connectivity index is 2.23. The lowest BCUT2D eigenvalue weighted by molar-refractivity contribution is -0.125. The van der Waals surface area contributed by atoms with E-state index in [1.165, 1.54) is 11.1 Å². The number of hydrogen-bond acceptors (Lipinski definition) is 1. The zero-order valence-corrected chi connectivity index (χ0v) is 7.21. The van der Waals surface area contributed by atoms with Gasteiger partial charge in [-0.1, -0.05) is 29.8 Å². The average molecular weight is 160 g/mol. The highest BCUT2D eigenvalue weighted by Crippen LogP contribution is 2.32. The van der Waals surface area contributed by atoms with Crippen molar-refractivity contribution in [1.82, 2.24) is 0 Å². The summed E-state index contributed by atoms with van der Waals surface area (Å²) in [5.74, 6) is 0.615. The van der Waals surface area contributed by atoms with Gasteiger partial charge < -0.3 is 0 Å². The van der Waals surface area contributed by atoms with Gasteiger partial charge in [-0.05, 0) is 18.9 Å². The smallest absolute Gasteiger partial charge is 0.140 e. The van der Waals surface area contributed by atoms with Gasteiger partial charge in [-0.3, -0.25) is 4.79 Å². The first kappa shape index (κ1) is 7.53. The maximum atomic E-state index is 11.1. The highest BCUT2D eigenvalue weighted by atomic mass is 16.1. The van der Waals surface area contributed by atoms with E-state index >= 15 is 0 Å². The highest BCUT2D eigenvalue weighted by molar-refractivity contribution is 5.91. The second-order valence-corrected chi connectivity index (χ2v) is 3.47. The molecule has 1 atom stereocenters. The van der Waals surface area contributed by atoms with Crippen molar-refractivity contribution in [2.75, 3.05) is 0 Å². The van der Waals surface area contributed by atoms with E-state index in [2.05, 4.69) is 31.2 Å². The van der Waals surface area contributed by atoms with Crippen molar-refractivity contribution in [3.05, 3.63) is 35.4 Å². The molecule has 2 rings (SSSR count). The van der Waals surface area contributed by atoms with Gasteiger partial charge in [0.15, 0.2) is 0 Å². The molecule has 0 radical (unpaired) electrons. The molecule has 1 aliphatic carbocycles. The molecule has 0 aromatic heterocycles. The normalized spacial score (nSPS) is 22.1. The second kappa shape index (κ2) is 2.74. The molecule has 0 N–H and O–H groups in total. The van der Waals surface area contributed by atoms with E-state index in [9.17, 15) is 4.79 Å². The Bertz CT molecular complexity index is 297. The molecule has 12 heavy (non-hydrogen) atoms. The summed E-state index contributed by atoms with van der Waals surface area (Å²) in [6.45, 7) is 2.06. The quantitative estimate of drug-likeness (QED) is 0.616. The average Bonchev–Trinajstić information content (AvgIpc) is 2.06. The summed E-state index contributed by atoms with van der Waals surface area (Å²) in [5.41, 5.74) is 2.45. The number of benzene rings is 1. The molecule has 0 unspecified atom stereocenters. The summed E-state index contributed by atoms with van der Waals surface area (Å²) in [6.07, 6.45) is 1.82. The third-order valence-corrected chi connectivity index (χ3v) is 2.55. The van der Waals surface area contributed by atoms with Crippen LogP contribution in [0.2, 0.25) is 0 Å². The van der Waals surface area contributed by atoms with Crippen LogP contribution in [0.1, 0.15) is 29.9 Å². The zero-order chi connectivity index (χ0) is 8.55. The molecule has 1 saturated carbocycles. The molecule has 1 heteroatoms. The summed E-state index contributed by atoms with van der Waals surface area (Å²) in [4.78, 5) is 11.1. The van der Waals surface area contributed by atoms with Gasteiger partial charge in [-0.15, -0.1) is 0 Å². The Hall–Kier alpha value is -1.11. The van der Waals surface area contributed by atoms with Gasteiger partial charge in [0.25, 0.3) is 0 Å². The predicted molar refractivity (Wildman–Crippen MR) is 48.2 cm³/mol. The Labute approximate surface area is 72.4 Å². The van der Waals surface area contributed by atoms with Crippen LogP contribution in [-0.2, 0) is 4.79 Å². The molecule has 1 aromatic carbocycles. The van der Waals surface area contributed by atoms with E-state index in [1.807, 2.05) is 0 Å². The number of carbonyl (C=O) groups excluding carboxylic acids is 1. The van der Waals surface area contributed by atoms with Crippen LogP contribution in [-0.4, -0.2) is 5.78 Å². The van der Waals surface area contributed by atoms with Crippen molar-refractivity contribution in [2.24, 2.45) is 0 Å². The summed E-state index contributed by atoms with van der Waals surface area (Å²) < 4.78 is 0. The third kappa shape index (κ3) is 1.15. The van der Waals surface area contributed by atoms with Gasteiger partial charge in [0.05, 0.1) is 0 Å². The topological polar surface area (TPSA) is 17.1 Å². The van der Waals surface area contributed by atoms with Crippen LogP contribution in [0, 0.1) is 6.92 Å². The maximum Gasteiger partial charge on any atom is 0.140 e. The lowest BCUT2D eigenvalue weighted by atomic mass is 9.78. The van der Waals surface area contributed by atoms with E-state index < -0.39 is 0 Å². The summed E-state index contributed by atoms with van der Waals surface area (Å²) in [5, 5.41) is 0. The van der Waals surface area contributed by atoms with Gasteiger partial charge in [-0.2, -0.15) is 0 Å². The fourth-order valence-electron chi connectivity index (χ4n) is 1.56. The van der Waals surface area contributed by atoms with E-state index in [-0.39, 0.29) is 5.92 Å². The molecule has 0 heterocycles. The van der Waals surface area contributed by atoms with Gasteiger partial charge >= 0.3 is 0 Å². The van der Waals surface area contributed by atoms with Gasteiger partial charge in [-0.25, -0.2) is 0 Å². The number of aryl methyl sites for hydroxylation is 1. The monoisotopic (exact) mass is 160 g/mol. The van der Waals surface area contributed by atoms with Crippen LogP contribution in [0.3, 0.4) is 0 Å². The molecule has 0 amide bonds. The third-order valence-electron chi connectivity index (χ3n) is 2.55. The molecule has 0 saturated heterocycles. The molecule has 1 nitrogen and oxygen atoms in total. The fourth-order valence-corrected chi connectivity index (χ4v) is 1.56. The zero-order valence-electron chi connectivity index (χ0n) is 7.21. The van der Waals surface area contributed by atoms with Crippen molar-refractivity contribution in [3.8, 4) is 0 Å². The lowest BCUT2D eigenvalue weighted by Crippen LogP contribution is -2.22. The summed E-state index contributed by atoms with van der Waals surface area (Å²) in [7, 11) is 0. The van der Waals surface area contributed by atoms with Gasteiger partial charge in [0.2, 0.25) is 0 Å². The van der Waals surface area contributed by atoms with E-state index in [1.54, 1.807) is 0 Å². The molecular weight excluding hydrogens is 148 g/mol. The van der Waals surface area contributed by atoms with E-state index in [0.29, 0.717) is 5.78 Å². The van der Waals surface area contributed by atoms with Crippen molar-refractivity contribution in [2.45, 2.75) is 25.7 Å². The molecule has 1 aliphatic rings. The van der Waals surface area contributed by atoms with Crippen molar-refractivity contribution in [1.29, 1.82) is 0 Å². The summed E-state index contributed by atoms with van der Waals surface area (Å²) >= 11 is 0. The Morgan fingerprint density at radius 2 is 1.92 bits per heavy atom. The molecule has 0 spiro atoms. The molecule has 62 valence electrons. The first-order valence-corrected chi connectivity index (χ1v) is 4.36. The molecular formula is C11H12O. The van der Waals surface area contributed by atoms with Crippen LogP contribution in [0.4, 0.5) is 0 Å². The van der Waals surface area contributed by atoms with Crippen LogP contribution >= 0.6 is 0 Å². The first-order valence-electron chi connectivity index (χ1n) is 4.36. The maximum absolute atomic E-state index is 11.1. The Kier molecular flexibility index (Phi) is 1.72. The largest absolute Gasteiger partial charge is 0.299 e. The van der Waals surface area contributed by atoms with Gasteiger partial charge in [0.1, 0.15) is 5.78 Å². The van der Waals surface area contributed by atoms with Crippen LogP contribution < -0.4 is 0 Å². The minimum absolute atomic E-state index is 0.214. The Morgan fingerprint density at radius 1 is 1.25 bits per heavy atom. The molecule has 1 fully saturated rings. The van der Waals surface area contributed by atoms with E-state index in [4.69, 9.17) is 0 Å². The number of rotatable bonds is 1. The van der Waals surface area contributed by atoms with Crippen LogP contribution in [0.25, 0.3) is 0 Å². The first-order chi connectivity index (χ1) is 5.77. The minimum Gasteiger partial charge on any atom is -0.299 e. The predicted octanol–water partition coefficient (Wildman–Crippen LogP) is 2.44. The van der Waals surface area contributed by atoms with E-state index in [0.717, 1.165) is 12.8 Å². The lowest BCUT2D eigenvalue weighted by Gasteiger charge is -2.24. The van der Waals surface area contributed by atoms with Crippen molar-refractivity contribution in [3.63, 3.8) is 0 Å². The summed E-state index contributed by atoms with van der Waals surface area (Å²) in [6, 6.07) is 8.27. The Morgan fingerprint density at radius 3 is 2.33 bits per heavy atom. The standard InChI is InChI=1S/C11H12O/c1-8-2-4-9(5-3-8)10-6-7-11(10)12/h2-5,10H,6-7H2,1H3/t10-/m0/s1. The number of ketones is 1. The number of carbonyl (C=O) groups is 1. The molecule has 1 aromatic rings. The van der Waals surface area contributed by atoms with Crippen LogP contribution in [0.5, 0.6) is 0 Å². The molecule has 0 aliphatic heterocycles. The van der Waals surface area contributed by atoms with Crippen molar-refractivity contribution >= 4 is 5.78 Å². The number of hydrogen-bond donors (Lipinski definition) is 0. The van der Waals surface area contributed by atoms with Gasteiger partial charge in [0, 0.05) is 12.3 Å². The second-order valence-electron chi connectivity index (χ2n) is 3.47. The van der Waals surface area contributed by atoms with Crippen LogP contribution in [0.15, 0.2) is 24.3 Å². The van der Waals surface area contributed by atoms with Crippen molar-refractivity contribution < 1.29 is 4.79 Å². The number of Topliss-reactive ketones (excluding diaryl/α,β-unsaturated/α-hetero) is 1. The molecule has 0 bridgehead atoms. The fraction of sp³-hybridized carbons (Fsp3) is 0.364. The highest BCUT2D eigenvalue weighted by Gasteiger charge is 2.28. The minimum atomic E-state index is 0.214. The SMILES string of the molecule is Cc1ccc([C@@H]2CCC2=O)cc1.